The van der Waals surface area contributed by atoms with Crippen LogP contribution in [0.25, 0.3) is 0 Å². The maximum Gasteiger partial charge on any atom is 0.248 e. The van der Waals surface area contributed by atoms with Crippen molar-refractivity contribution in [2.45, 2.75) is 25.9 Å². The van der Waals surface area contributed by atoms with Crippen LogP contribution in [0.15, 0.2) is 42.5 Å². The first-order valence-corrected chi connectivity index (χ1v) is 10.9. The van der Waals surface area contributed by atoms with Gasteiger partial charge in [-0.1, -0.05) is 18.2 Å². The van der Waals surface area contributed by atoms with Gasteiger partial charge in [-0.05, 0) is 55.2 Å². The molecule has 0 radical (unpaired) electrons. The molecule has 2 heterocycles. The molecule has 2 aliphatic rings. The average Bonchev–Trinajstić information content (AvgIpc) is 2.78. The smallest absolute Gasteiger partial charge is 0.248 e. The third kappa shape index (κ3) is 4.60. The molecule has 1 atom stereocenters. The molecule has 0 aromatic heterocycles. The number of nitrogens with two attached hydrogens (primary N) is 1. The maximum atomic E-state index is 11.5. The minimum Gasteiger partial charge on any atom is -0.492 e. The Kier molecular flexibility index (Phi) is 6.55. The van der Waals surface area contributed by atoms with Crippen molar-refractivity contribution in [2.24, 2.45) is 5.73 Å². The Morgan fingerprint density at radius 1 is 1.17 bits per heavy atom. The van der Waals surface area contributed by atoms with E-state index in [0.29, 0.717) is 18.8 Å². The van der Waals surface area contributed by atoms with Gasteiger partial charge in [0.2, 0.25) is 5.91 Å². The van der Waals surface area contributed by atoms with Gasteiger partial charge in [0.05, 0.1) is 25.0 Å². The molecule has 0 aliphatic carbocycles. The predicted molar refractivity (Wildman–Crippen MR) is 118 cm³/mol. The van der Waals surface area contributed by atoms with Gasteiger partial charge in [0.25, 0.3) is 0 Å². The lowest BCUT2D eigenvalue weighted by Crippen LogP contribution is -2.47. The summed E-state index contributed by atoms with van der Waals surface area (Å²) in [6.07, 6.45) is 1.89. The minimum absolute atomic E-state index is 0.0902. The van der Waals surface area contributed by atoms with Crippen LogP contribution < -0.4 is 15.4 Å². The summed E-state index contributed by atoms with van der Waals surface area (Å²) in [5, 5.41) is 0. The Hall–Kier alpha value is -2.57. The molecule has 0 bridgehead atoms. The van der Waals surface area contributed by atoms with E-state index in [2.05, 4.69) is 21.9 Å². The maximum absolute atomic E-state index is 11.5. The number of amides is 1. The second-order valence-corrected chi connectivity index (χ2v) is 7.91. The first-order chi connectivity index (χ1) is 14.7. The first kappa shape index (κ1) is 20.7. The molecule has 0 spiro atoms. The van der Waals surface area contributed by atoms with Gasteiger partial charge in [-0.25, -0.2) is 0 Å². The number of benzene rings is 2. The lowest BCUT2D eigenvalue weighted by molar-refractivity contribution is 0.0288. The number of fused-ring (bicyclic) bond motifs is 1. The molecule has 160 valence electrons. The van der Waals surface area contributed by atoms with Crippen LogP contribution in [0.5, 0.6) is 5.75 Å². The van der Waals surface area contributed by atoms with Gasteiger partial charge in [0, 0.05) is 38.3 Å². The number of piperazine rings is 1. The van der Waals surface area contributed by atoms with E-state index >= 15 is 0 Å². The zero-order valence-corrected chi connectivity index (χ0v) is 17.7. The van der Waals surface area contributed by atoms with E-state index < -0.39 is 0 Å². The van der Waals surface area contributed by atoms with E-state index in [-0.39, 0.29) is 12.0 Å². The topological polar surface area (TPSA) is 68.0 Å². The van der Waals surface area contributed by atoms with Gasteiger partial charge >= 0.3 is 0 Å². The van der Waals surface area contributed by atoms with Crippen molar-refractivity contribution in [3.63, 3.8) is 0 Å². The summed E-state index contributed by atoms with van der Waals surface area (Å²) in [6, 6.07) is 14.1. The minimum atomic E-state index is -0.371. The summed E-state index contributed by atoms with van der Waals surface area (Å²) < 4.78 is 11.9. The molecular weight excluding hydrogens is 378 g/mol. The second kappa shape index (κ2) is 9.49. The standard InChI is InChI=1S/C24H31N3O3/c1-2-29-23-6-4-3-5-21(23)27-14-12-26(13-15-27)11-9-22-20-8-7-19(24(25)28)17-18(20)10-16-30-22/h3-8,17,22H,2,9-16H2,1H3,(H2,25,28). The predicted octanol–water partition coefficient (Wildman–Crippen LogP) is 3.01. The van der Waals surface area contributed by atoms with Crippen molar-refractivity contribution in [1.82, 2.24) is 4.90 Å². The monoisotopic (exact) mass is 409 g/mol. The molecule has 1 amide bonds. The van der Waals surface area contributed by atoms with Crippen LogP contribution in [-0.2, 0) is 11.2 Å². The molecule has 1 unspecified atom stereocenters. The third-order valence-corrected chi connectivity index (χ3v) is 6.05. The van der Waals surface area contributed by atoms with Crippen molar-refractivity contribution < 1.29 is 14.3 Å². The molecule has 1 saturated heterocycles. The summed E-state index contributed by atoms with van der Waals surface area (Å²) in [5.41, 5.74) is 9.60. The van der Waals surface area contributed by atoms with Crippen LogP contribution in [0.3, 0.4) is 0 Å². The van der Waals surface area contributed by atoms with Gasteiger partial charge in [0.15, 0.2) is 0 Å². The highest BCUT2D eigenvalue weighted by Gasteiger charge is 2.24. The van der Waals surface area contributed by atoms with E-state index in [4.69, 9.17) is 15.2 Å². The first-order valence-electron chi connectivity index (χ1n) is 10.9. The van der Waals surface area contributed by atoms with Gasteiger partial charge in [-0.3, -0.25) is 9.69 Å². The van der Waals surface area contributed by atoms with Crippen molar-refractivity contribution in [3.05, 3.63) is 59.2 Å². The molecule has 2 aromatic rings. The molecule has 2 aromatic carbocycles. The molecule has 30 heavy (non-hydrogen) atoms. The molecule has 1 fully saturated rings. The quantitative estimate of drug-likeness (QED) is 0.761. The number of primary amides is 1. The van der Waals surface area contributed by atoms with Gasteiger partial charge in [-0.2, -0.15) is 0 Å². The Balaban J connectivity index is 1.32. The average molecular weight is 410 g/mol. The van der Waals surface area contributed by atoms with E-state index in [0.717, 1.165) is 51.3 Å². The molecule has 4 rings (SSSR count). The summed E-state index contributed by atoms with van der Waals surface area (Å²) >= 11 is 0. The number of rotatable bonds is 7. The van der Waals surface area contributed by atoms with Crippen molar-refractivity contribution >= 4 is 11.6 Å². The fourth-order valence-electron chi connectivity index (χ4n) is 4.44. The van der Waals surface area contributed by atoms with E-state index in [1.165, 1.54) is 16.8 Å². The highest BCUT2D eigenvalue weighted by molar-refractivity contribution is 5.93. The highest BCUT2D eigenvalue weighted by Crippen LogP contribution is 2.32. The normalized spacial score (nSPS) is 19.4. The Labute approximate surface area is 178 Å². The number of carbonyl (C=O) groups is 1. The zero-order valence-electron chi connectivity index (χ0n) is 17.7. The number of anilines is 1. The Bertz CT molecular complexity index is 878. The summed E-state index contributed by atoms with van der Waals surface area (Å²) in [5.74, 6) is 0.598. The fourth-order valence-corrected chi connectivity index (χ4v) is 4.44. The number of hydrogen-bond acceptors (Lipinski definition) is 5. The Morgan fingerprint density at radius 3 is 2.73 bits per heavy atom. The molecular formula is C24H31N3O3. The van der Waals surface area contributed by atoms with Crippen molar-refractivity contribution in [1.29, 1.82) is 0 Å². The molecule has 2 N–H and O–H groups in total. The SMILES string of the molecule is CCOc1ccccc1N1CCN(CCC2OCCc3cc(C(N)=O)ccc32)CC1. The summed E-state index contributed by atoms with van der Waals surface area (Å²) in [7, 11) is 0. The van der Waals surface area contributed by atoms with Crippen LogP contribution in [0.1, 0.15) is 40.9 Å². The van der Waals surface area contributed by atoms with Crippen LogP contribution in [0, 0.1) is 0 Å². The van der Waals surface area contributed by atoms with Crippen LogP contribution in [0.2, 0.25) is 0 Å². The number of carbonyl (C=O) groups excluding carboxylic acids is 1. The van der Waals surface area contributed by atoms with E-state index in [1.807, 2.05) is 37.3 Å². The molecule has 2 aliphatic heterocycles. The molecule has 6 heteroatoms. The fraction of sp³-hybridized carbons (Fsp3) is 0.458. The number of nitrogens with zero attached hydrogens (tertiary/aromatic N) is 2. The van der Waals surface area contributed by atoms with Crippen LogP contribution in [-0.4, -0.2) is 56.7 Å². The van der Waals surface area contributed by atoms with E-state index in [9.17, 15) is 4.79 Å². The van der Waals surface area contributed by atoms with Crippen molar-refractivity contribution in [2.75, 3.05) is 50.8 Å². The largest absolute Gasteiger partial charge is 0.492 e. The summed E-state index contributed by atoms with van der Waals surface area (Å²) in [6.45, 7) is 8.45. The molecule has 0 saturated carbocycles. The van der Waals surface area contributed by atoms with Gasteiger partial charge in [-0.15, -0.1) is 0 Å². The zero-order chi connectivity index (χ0) is 20.9. The number of ether oxygens (including phenoxy) is 2. The van der Waals surface area contributed by atoms with Crippen molar-refractivity contribution in [3.8, 4) is 5.75 Å². The second-order valence-electron chi connectivity index (χ2n) is 7.91. The number of hydrogen-bond donors (Lipinski definition) is 1. The lowest BCUT2D eigenvalue weighted by Gasteiger charge is -2.37. The third-order valence-electron chi connectivity index (χ3n) is 6.05. The Morgan fingerprint density at radius 2 is 1.97 bits per heavy atom. The van der Waals surface area contributed by atoms with Crippen LogP contribution in [0.4, 0.5) is 5.69 Å². The van der Waals surface area contributed by atoms with Crippen LogP contribution >= 0.6 is 0 Å². The van der Waals surface area contributed by atoms with Gasteiger partial charge in [0.1, 0.15) is 5.75 Å². The number of para-hydroxylation sites is 2. The molecule has 6 nitrogen and oxygen atoms in total. The van der Waals surface area contributed by atoms with Gasteiger partial charge < -0.3 is 20.1 Å². The highest BCUT2D eigenvalue weighted by atomic mass is 16.5. The lowest BCUT2D eigenvalue weighted by atomic mass is 9.93. The summed E-state index contributed by atoms with van der Waals surface area (Å²) in [4.78, 5) is 16.4. The van der Waals surface area contributed by atoms with E-state index in [1.54, 1.807) is 0 Å².